The van der Waals surface area contributed by atoms with Crippen molar-refractivity contribution in [2.75, 3.05) is 13.6 Å². The Balaban J connectivity index is 1.50. The lowest BCUT2D eigenvalue weighted by molar-refractivity contribution is -0.145. The Labute approximate surface area is 180 Å². The highest BCUT2D eigenvalue weighted by Gasteiger charge is 2.59. The summed E-state index contributed by atoms with van der Waals surface area (Å²) in [5, 5.41) is 39.8. The number of aliphatic hydroxyl groups excluding tert-OH is 2. The second-order valence-corrected chi connectivity index (χ2v) is 9.47. The van der Waals surface area contributed by atoms with E-state index < -0.39 is 47.6 Å². The molecular weight excluding hydrogens is 417 g/mol. The molecule has 4 aliphatic rings. The summed E-state index contributed by atoms with van der Waals surface area (Å²) < 4.78 is 20.2. The Morgan fingerprint density at radius 3 is 2.93 bits per heavy atom. The van der Waals surface area contributed by atoms with Gasteiger partial charge in [-0.25, -0.2) is 9.38 Å². The molecule has 4 rings (SSSR count). The first-order valence-corrected chi connectivity index (χ1v) is 11.0. The van der Waals surface area contributed by atoms with Crippen molar-refractivity contribution < 1.29 is 24.4 Å². The Bertz CT molecular complexity index is 698. The van der Waals surface area contributed by atoms with Gasteiger partial charge in [0, 0.05) is 13.6 Å². The molecule has 3 aliphatic heterocycles. The Morgan fingerprint density at radius 1 is 1.47 bits per heavy atom. The summed E-state index contributed by atoms with van der Waals surface area (Å²) >= 11 is 5.97. The molecule has 0 amide bonds. The number of nitrogens with zero attached hydrogens (tertiary/aromatic N) is 3. The largest absolute Gasteiger partial charge is 0.390 e. The third kappa shape index (κ3) is 3.71. The molecule has 9 nitrogen and oxygen atoms in total. The molecule has 0 bridgehead atoms. The molecular formula is C19H31ClFN5O4. The van der Waals surface area contributed by atoms with E-state index in [-0.39, 0.29) is 18.5 Å². The third-order valence-electron chi connectivity index (χ3n) is 7.02. The fourth-order valence-corrected chi connectivity index (χ4v) is 5.49. The molecule has 0 spiro atoms. The maximum absolute atomic E-state index is 14.1. The van der Waals surface area contributed by atoms with E-state index in [4.69, 9.17) is 16.3 Å². The first-order valence-electron chi connectivity index (χ1n) is 10.6. The second-order valence-electron chi connectivity index (χ2n) is 8.91. The number of hydrogen-bond donors (Lipinski definition) is 5. The summed E-state index contributed by atoms with van der Waals surface area (Å²) in [6, 6.07) is 0. The summed E-state index contributed by atoms with van der Waals surface area (Å²) in [7, 11) is 1.71. The molecule has 1 aliphatic carbocycles. The fraction of sp³-hybridized carbons (Fsp3) is 0.895. The van der Waals surface area contributed by atoms with Crippen LogP contribution in [0.3, 0.4) is 0 Å². The standard InChI is InChI=1S/C19H31ClFN5O4/c1-19(29)14(28)18(26-6-5-10-16(25-22-2)23-8-24-17(10)26)30-15(19)13(27)9-3-4-11(20)12(21)7-9/h8-15,17-18,22,27-29H,3-7H2,1-2H3,(H,23,24,25)/t9?,10?,11?,12?,13-,14+,15-,17?,18-,19+/m1/s1. The van der Waals surface area contributed by atoms with Gasteiger partial charge in [0.15, 0.2) is 5.84 Å². The molecule has 3 heterocycles. The van der Waals surface area contributed by atoms with Crippen LogP contribution in [0.25, 0.3) is 0 Å². The van der Waals surface area contributed by atoms with Gasteiger partial charge in [0.05, 0.1) is 29.9 Å². The average Bonchev–Trinajstić information content (AvgIpc) is 3.24. The van der Waals surface area contributed by atoms with Crippen LogP contribution in [0.2, 0.25) is 0 Å². The van der Waals surface area contributed by atoms with Crippen molar-refractivity contribution in [1.82, 2.24) is 15.6 Å². The van der Waals surface area contributed by atoms with Crippen LogP contribution >= 0.6 is 11.6 Å². The normalized spacial score (nSPS) is 49.1. The highest BCUT2D eigenvalue weighted by atomic mass is 35.5. The SMILES string of the molecule is CN/N=C1/N=CNC2C1CCN2[C@@H]1O[C@H]([C@H](O)C2CCC(Cl)C(F)C2)[C@@](C)(O)[C@H]1O. The summed E-state index contributed by atoms with van der Waals surface area (Å²) in [6.45, 7) is 2.06. The van der Waals surface area contributed by atoms with Crippen LogP contribution in [-0.2, 0) is 4.74 Å². The molecule has 0 aromatic rings. The van der Waals surface area contributed by atoms with Gasteiger partial charge in [0.1, 0.15) is 30.2 Å². The van der Waals surface area contributed by atoms with Gasteiger partial charge in [-0.05, 0) is 38.5 Å². The number of fused-ring (bicyclic) bond motifs is 1. The number of rotatable bonds is 4. The van der Waals surface area contributed by atoms with Gasteiger partial charge in [0.2, 0.25) is 0 Å². The molecule has 1 saturated carbocycles. The number of aliphatic hydroxyl groups is 3. The lowest BCUT2D eigenvalue weighted by Crippen LogP contribution is -2.57. The van der Waals surface area contributed by atoms with Crippen molar-refractivity contribution >= 4 is 23.8 Å². The topological polar surface area (TPSA) is 122 Å². The summed E-state index contributed by atoms with van der Waals surface area (Å²) in [6.07, 6.45) is -2.20. The van der Waals surface area contributed by atoms with Gasteiger partial charge in [0.25, 0.3) is 0 Å². The van der Waals surface area contributed by atoms with Crippen molar-refractivity contribution in [3.05, 3.63) is 0 Å². The second kappa shape index (κ2) is 8.48. The van der Waals surface area contributed by atoms with E-state index in [1.165, 1.54) is 6.92 Å². The van der Waals surface area contributed by atoms with Gasteiger partial charge in [-0.15, -0.1) is 11.6 Å². The van der Waals surface area contributed by atoms with Crippen LogP contribution in [0.5, 0.6) is 0 Å². The van der Waals surface area contributed by atoms with E-state index in [1.807, 2.05) is 4.90 Å². The zero-order valence-electron chi connectivity index (χ0n) is 17.2. The highest BCUT2D eigenvalue weighted by molar-refractivity contribution is 6.21. The minimum absolute atomic E-state index is 0.00142. The molecule has 30 heavy (non-hydrogen) atoms. The van der Waals surface area contributed by atoms with E-state index in [1.54, 1.807) is 13.4 Å². The molecule has 11 heteroatoms. The molecule has 170 valence electrons. The zero-order valence-corrected chi connectivity index (χ0v) is 17.9. The summed E-state index contributed by atoms with van der Waals surface area (Å²) in [4.78, 5) is 6.20. The number of alkyl halides is 2. The Kier molecular flexibility index (Phi) is 6.26. The van der Waals surface area contributed by atoms with Crippen LogP contribution in [0.15, 0.2) is 10.1 Å². The van der Waals surface area contributed by atoms with Gasteiger partial charge < -0.3 is 30.8 Å². The molecule has 3 fully saturated rings. The van der Waals surface area contributed by atoms with Crippen LogP contribution in [0.4, 0.5) is 4.39 Å². The molecule has 5 unspecified atom stereocenters. The Hall–Kier alpha value is -1.04. The lowest BCUT2D eigenvalue weighted by Gasteiger charge is -2.37. The Morgan fingerprint density at radius 2 is 2.23 bits per heavy atom. The molecule has 10 atom stereocenters. The summed E-state index contributed by atoms with van der Waals surface area (Å²) in [5.41, 5.74) is 1.07. The van der Waals surface area contributed by atoms with Crippen molar-refractivity contribution in [1.29, 1.82) is 0 Å². The van der Waals surface area contributed by atoms with Crippen molar-refractivity contribution in [2.45, 2.75) is 80.5 Å². The number of halogens is 2. The molecule has 0 aromatic heterocycles. The van der Waals surface area contributed by atoms with Crippen molar-refractivity contribution in [3.8, 4) is 0 Å². The number of amidine groups is 1. The number of hydrogen-bond acceptors (Lipinski definition) is 8. The minimum Gasteiger partial charge on any atom is -0.390 e. The molecule has 2 saturated heterocycles. The number of hydrazone groups is 1. The van der Waals surface area contributed by atoms with E-state index >= 15 is 0 Å². The van der Waals surface area contributed by atoms with Gasteiger partial charge in [-0.3, -0.25) is 4.90 Å². The van der Waals surface area contributed by atoms with Crippen molar-refractivity contribution in [3.63, 3.8) is 0 Å². The maximum Gasteiger partial charge on any atom is 0.156 e. The monoisotopic (exact) mass is 447 g/mol. The first-order chi connectivity index (χ1) is 14.3. The van der Waals surface area contributed by atoms with E-state index in [0.717, 1.165) is 6.42 Å². The van der Waals surface area contributed by atoms with E-state index in [2.05, 4.69) is 20.8 Å². The number of likely N-dealkylation sites (tertiary alicyclic amines) is 1. The van der Waals surface area contributed by atoms with Gasteiger partial charge >= 0.3 is 0 Å². The van der Waals surface area contributed by atoms with Gasteiger partial charge in [-0.2, -0.15) is 5.10 Å². The predicted octanol–water partition coefficient (Wildman–Crippen LogP) is -0.258. The first kappa shape index (κ1) is 22.2. The number of ether oxygens (including phenoxy) is 1. The third-order valence-corrected chi connectivity index (χ3v) is 7.51. The number of nitrogens with one attached hydrogen (secondary N) is 2. The van der Waals surface area contributed by atoms with E-state index in [9.17, 15) is 19.7 Å². The average molecular weight is 448 g/mol. The van der Waals surface area contributed by atoms with Gasteiger partial charge in [-0.1, -0.05) is 0 Å². The molecule has 0 radical (unpaired) electrons. The smallest absolute Gasteiger partial charge is 0.156 e. The van der Waals surface area contributed by atoms with Crippen LogP contribution in [0, 0.1) is 11.8 Å². The maximum atomic E-state index is 14.1. The van der Waals surface area contributed by atoms with Crippen LogP contribution in [0.1, 0.15) is 32.6 Å². The predicted molar refractivity (Wildman–Crippen MR) is 110 cm³/mol. The number of aliphatic imine (C=N–C) groups is 1. The van der Waals surface area contributed by atoms with Crippen LogP contribution < -0.4 is 10.7 Å². The van der Waals surface area contributed by atoms with Crippen LogP contribution in [-0.4, -0.2) is 93.8 Å². The highest BCUT2D eigenvalue weighted by Crippen LogP contribution is 2.42. The zero-order chi connectivity index (χ0) is 21.6. The quantitative estimate of drug-likeness (QED) is 0.297. The minimum atomic E-state index is -1.68. The fourth-order valence-electron chi connectivity index (χ4n) is 5.26. The lowest BCUT2D eigenvalue weighted by atomic mass is 9.78. The van der Waals surface area contributed by atoms with Crippen molar-refractivity contribution in [2.24, 2.45) is 21.9 Å². The summed E-state index contributed by atoms with van der Waals surface area (Å²) in [5.74, 6) is 0.267. The molecule has 0 aromatic carbocycles. The van der Waals surface area contributed by atoms with E-state index in [0.29, 0.717) is 25.2 Å². The molecule has 5 N–H and O–H groups in total.